The predicted octanol–water partition coefficient (Wildman–Crippen LogP) is 4.35. The van der Waals surface area contributed by atoms with Crippen molar-refractivity contribution in [2.24, 2.45) is 0 Å². The van der Waals surface area contributed by atoms with E-state index in [1.807, 2.05) is 0 Å². The van der Waals surface area contributed by atoms with Crippen molar-refractivity contribution in [3.63, 3.8) is 0 Å². The minimum absolute atomic E-state index is 0.843. The molecule has 0 unspecified atom stereocenters. The number of nitrogens with zero attached hydrogens (tertiary/aromatic N) is 1. The Bertz CT molecular complexity index is 360. The molecule has 0 radical (unpaired) electrons. The van der Waals surface area contributed by atoms with Crippen LogP contribution in [0.1, 0.15) is 59.3 Å². The molecule has 0 bridgehead atoms. The molecule has 0 saturated heterocycles. The third-order valence-electron chi connectivity index (χ3n) is 3.81. The summed E-state index contributed by atoms with van der Waals surface area (Å²) in [6.07, 6.45) is 12.2. The maximum absolute atomic E-state index is 5.17. The van der Waals surface area contributed by atoms with Crippen molar-refractivity contribution in [1.29, 1.82) is 0 Å². The summed E-state index contributed by atoms with van der Waals surface area (Å²) in [5.74, 6) is 0. The van der Waals surface area contributed by atoms with Gasteiger partial charge in [-0.25, -0.2) is 0 Å². The van der Waals surface area contributed by atoms with E-state index in [1.165, 1.54) is 31.3 Å². The molecule has 0 aromatic heterocycles. The molecular weight excluding hydrogens is 256 g/mol. The Labute approximate surface area is 132 Å². The van der Waals surface area contributed by atoms with Gasteiger partial charge in [0.05, 0.1) is 0 Å². The Kier molecular flexibility index (Phi) is 11.8. The first-order valence-corrected chi connectivity index (χ1v) is 8.26. The van der Waals surface area contributed by atoms with Crippen molar-refractivity contribution in [1.82, 2.24) is 10.2 Å². The number of terminal acetylenes is 1. The summed E-state index contributed by atoms with van der Waals surface area (Å²) in [7, 11) is 2.14. The third kappa shape index (κ3) is 10.2. The van der Waals surface area contributed by atoms with Crippen LogP contribution in [0.15, 0.2) is 23.3 Å². The van der Waals surface area contributed by atoms with E-state index in [-0.39, 0.29) is 0 Å². The summed E-state index contributed by atoms with van der Waals surface area (Å²) in [5, 5.41) is 2.90. The van der Waals surface area contributed by atoms with Gasteiger partial charge in [0.1, 0.15) is 0 Å². The largest absolute Gasteiger partial charge is 0.345 e. The van der Waals surface area contributed by atoms with Crippen molar-refractivity contribution in [2.45, 2.75) is 59.3 Å². The van der Waals surface area contributed by atoms with Gasteiger partial charge in [-0.15, -0.1) is 0 Å². The molecule has 0 fully saturated rings. The first-order chi connectivity index (χ1) is 10.0. The zero-order valence-corrected chi connectivity index (χ0v) is 14.6. The minimum Gasteiger partial charge on any atom is -0.345 e. The van der Waals surface area contributed by atoms with Gasteiger partial charge in [0.15, 0.2) is 0 Å². The molecule has 0 aromatic carbocycles. The molecule has 0 saturated carbocycles. The van der Waals surface area contributed by atoms with Crippen molar-refractivity contribution in [3.05, 3.63) is 23.3 Å². The summed E-state index contributed by atoms with van der Waals surface area (Å²) in [4.78, 5) is 2.30. The Morgan fingerprint density at radius 3 is 2.38 bits per heavy atom. The second kappa shape index (κ2) is 12.5. The van der Waals surface area contributed by atoms with Gasteiger partial charge in [0.2, 0.25) is 0 Å². The molecule has 0 aliphatic heterocycles. The Balaban J connectivity index is 4.21. The van der Waals surface area contributed by atoms with E-state index in [4.69, 9.17) is 6.42 Å². The second-order valence-electron chi connectivity index (χ2n) is 5.94. The Morgan fingerprint density at radius 2 is 1.81 bits per heavy atom. The van der Waals surface area contributed by atoms with E-state index in [0.717, 1.165) is 32.5 Å². The van der Waals surface area contributed by atoms with E-state index in [9.17, 15) is 0 Å². The summed E-state index contributed by atoms with van der Waals surface area (Å²) >= 11 is 0. The number of rotatable bonds is 12. The average Bonchev–Trinajstić information content (AvgIpc) is 2.45. The van der Waals surface area contributed by atoms with Crippen LogP contribution in [-0.2, 0) is 0 Å². The number of nitrogens with one attached hydrogen (secondary N) is 1. The van der Waals surface area contributed by atoms with Crippen LogP contribution in [0.25, 0.3) is 0 Å². The van der Waals surface area contributed by atoms with Crippen LogP contribution in [0.4, 0.5) is 0 Å². The molecule has 120 valence electrons. The number of hydrogen-bond donors (Lipinski definition) is 1. The lowest BCUT2D eigenvalue weighted by atomic mass is 9.94. The van der Waals surface area contributed by atoms with E-state index in [2.05, 4.69) is 50.7 Å². The first-order valence-electron chi connectivity index (χ1n) is 8.26. The van der Waals surface area contributed by atoms with Gasteiger partial charge in [0.25, 0.3) is 0 Å². The summed E-state index contributed by atoms with van der Waals surface area (Å²) in [5.41, 5.74) is 4.54. The fraction of sp³-hybridized carbons (Fsp3) is 0.684. The molecule has 0 spiro atoms. The highest BCUT2D eigenvalue weighted by Gasteiger charge is 2.06. The van der Waals surface area contributed by atoms with Crippen LogP contribution in [0.5, 0.6) is 0 Å². The highest BCUT2D eigenvalue weighted by Crippen LogP contribution is 2.23. The molecule has 21 heavy (non-hydrogen) atoms. The molecule has 0 rings (SSSR count). The SMILES string of the molecule is C#CNCCN(C)CCC(=C)C/C(CCC)=C(\C)CCC. The molecule has 0 aliphatic carbocycles. The topological polar surface area (TPSA) is 15.3 Å². The summed E-state index contributed by atoms with van der Waals surface area (Å²) < 4.78 is 0. The first kappa shape index (κ1) is 19.8. The third-order valence-corrected chi connectivity index (χ3v) is 3.81. The van der Waals surface area contributed by atoms with Crippen LogP contribution in [0.3, 0.4) is 0 Å². The van der Waals surface area contributed by atoms with Gasteiger partial charge in [-0.1, -0.05) is 56.4 Å². The van der Waals surface area contributed by atoms with Gasteiger partial charge in [-0.3, -0.25) is 0 Å². The fourth-order valence-electron chi connectivity index (χ4n) is 2.48. The predicted molar refractivity (Wildman–Crippen MR) is 95.2 cm³/mol. The monoisotopic (exact) mass is 290 g/mol. The van der Waals surface area contributed by atoms with Gasteiger partial charge < -0.3 is 10.2 Å². The Hall–Kier alpha value is -1.20. The highest BCUT2D eigenvalue weighted by molar-refractivity contribution is 5.19. The fourth-order valence-corrected chi connectivity index (χ4v) is 2.48. The molecule has 0 amide bonds. The zero-order valence-electron chi connectivity index (χ0n) is 14.6. The van der Waals surface area contributed by atoms with E-state index in [0.29, 0.717) is 0 Å². The van der Waals surface area contributed by atoms with Gasteiger partial charge in [0, 0.05) is 25.7 Å². The van der Waals surface area contributed by atoms with Gasteiger partial charge in [-0.05, 0) is 39.7 Å². The molecular formula is C19H34N2. The normalized spacial score (nSPS) is 12.0. The van der Waals surface area contributed by atoms with Gasteiger partial charge in [-0.2, -0.15) is 0 Å². The minimum atomic E-state index is 0.843. The van der Waals surface area contributed by atoms with Crippen LogP contribution in [-0.4, -0.2) is 31.6 Å². The quantitative estimate of drug-likeness (QED) is 0.249. The average molecular weight is 290 g/mol. The van der Waals surface area contributed by atoms with Crippen molar-refractivity contribution >= 4 is 0 Å². The van der Waals surface area contributed by atoms with E-state index in [1.54, 1.807) is 11.1 Å². The maximum Gasteiger partial charge on any atom is 0.0357 e. The summed E-state index contributed by atoms with van der Waals surface area (Å²) in [6.45, 7) is 14.0. The van der Waals surface area contributed by atoms with Crippen molar-refractivity contribution in [2.75, 3.05) is 26.7 Å². The lowest BCUT2D eigenvalue weighted by Gasteiger charge is -2.18. The van der Waals surface area contributed by atoms with Crippen LogP contribution in [0.2, 0.25) is 0 Å². The molecule has 1 N–H and O–H groups in total. The molecule has 0 atom stereocenters. The van der Waals surface area contributed by atoms with Crippen molar-refractivity contribution in [3.8, 4) is 12.5 Å². The Morgan fingerprint density at radius 1 is 1.14 bits per heavy atom. The lowest BCUT2D eigenvalue weighted by molar-refractivity contribution is 0.341. The lowest BCUT2D eigenvalue weighted by Crippen LogP contribution is -2.28. The summed E-state index contributed by atoms with van der Waals surface area (Å²) in [6, 6.07) is 2.45. The smallest absolute Gasteiger partial charge is 0.0357 e. The molecule has 0 heterocycles. The van der Waals surface area contributed by atoms with E-state index < -0.39 is 0 Å². The molecule has 2 heteroatoms. The molecule has 2 nitrogen and oxygen atoms in total. The number of hydrogen-bond acceptors (Lipinski definition) is 2. The highest BCUT2D eigenvalue weighted by atomic mass is 15.1. The number of allylic oxidation sites excluding steroid dienone is 2. The molecule has 0 aliphatic rings. The maximum atomic E-state index is 5.17. The van der Waals surface area contributed by atoms with E-state index >= 15 is 0 Å². The van der Waals surface area contributed by atoms with Crippen molar-refractivity contribution < 1.29 is 0 Å². The van der Waals surface area contributed by atoms with Gasteiger partial charge >= 0.3 is 0 Å². The second-order valence-corrected chi connectivity index (χ2v) is 5.94. The molecule has 0 aromatic rings. The standard InChI is InChI=1S/C19H34N2/c1-7-10-18(5)19(11-8-2)16-17(4)12-14-21(6)15-13-20-9-3/h3,20H,4,7-8,10-16H2,1-2,5-6H3/b19-18+. The number of likely N-dealkylation sites (N-methyl/N-ethyl adjacent to an activating group) is 1. The zero-order chi connectivity index (χ0) is 16.1. The van der Waals surface area contributed by atoms with Crippen LogP contribution in [0, 0.1) is 12.5 Å². The van der Waals surface area contributed by atoms with Crippen LogP contribution >= 0.6 is 0 Å². The van der Waals surface area contributed by atoms with Crippen LogP contribution < -0.4 is 5.32 Å².